The SMILES string of the molecule is C[C@H](/C=C(/F)C(OC(=O)c1ccccc1)C1OC(C)(C)O[C@H]1CCO)[C@@H](C)O[Si](c1ccccc1)(c1ccccc1)C(C)(C)C. The lowest BCUT2D eigenvalue weighted by molar-refractivity contribution is -0.155. The molecule has 242 valence electrons. The number of aliphatic hydroxyl groups excluding tert-OH is 1. The molecule has 45 heavy (non-hydrogen) atoms. The van der Waals surface area contributed by atoms with Gasteiger partial charge in [0.25, 0.3) is 8.32 Å². The highest BCUT2D eigenvalue weighted by Crippen LogP contribution is 2.39. The van der Waals surface area contributed by atoms with Crippen molar-refractivity contribution in [2.24, 2.45) is 5.92 Å². The topological polar surface area (TPSA) is 74.2 Å². The van der Waals surface area contributed by atoms with Gasteiger partial charge in [0.15, 0.2) is 11.9 Å². The fraction of sp³-hybridized carbons (Fsp3) is 0.432. The average molecular weight is 635 g/mol. The summed E-state index contributed by atoms with van der Waals surface area (Å²) in [6.45, 7) is 13.7. The van der Waals surface area contributed by atoms with Crippen LogP contribution in [0.25, 0.3) is 0 Å². The lowest BCUT2D eigenvalue weighted by Gasteiger charge is -2.45. The molecule has 1 saturated heterocycles. The molecular formula is C37H47FO6Si. The lowest BCUT2D eigenvalue weighted by Crippen LogP contribution is -2.67. The fourth-order valence-corrected chi connectivity index (χ4v) is 10.9. The molecule has 1 N–H and O–H groups in total. The predicted octanol–water partition coefficient (Wildman–Crippen LogP) is 6.57. The van der Waals surface area contributed by atoms with Gasteiger partial charge < -0.3 is 23.7 Å². The minimum Gasteiger partial charge on any atom is -0.449 e. The summed E-state index contributed by atoms with van der Waals surface area (Å²) in [4.78, 5) is 13.2. The number of ether oxygens (including phenoxy) is 3. The molecule has 1 aliphatic rings. The van der Waals surface area contributed by atoms with Gasteiger partial charge in [-0.3, -0.25) is 0 Å². The lowest BCUT2D eigenvalue weighted by atomic mass is 10.00. The van der Waals surface area contributed by atoms with E-state index in [1.807, 2.05) is 50.2 Å². The van der Waals surface area contributed by atoms with Crippen molar-refractivity contribution in [2.45, 2.75) is 90.1 Å². The van der Waals surface area contributed by atoms with Crippen LogP contribution < -0.4 is 10.4 Å². The highest BCUT2D eigenvalue weighted by Gasteiger charge is 2.52. The van der Waals surface area contributed by atoms with Crippen LogP contribution in [0.4, 0.5) is 4.39 Å². The number of benzene rings is 3. The van der Waals surface area contributed by atoms with Crippen molar-refractivity contribution in [3.05, 3.63) is 108 Å². The Bertz CT molecular complexity index is 1370. The molecule has 1 fully saturated rings. The van der Waals surface area contributed by atoms with Gasteiger partial charge in [-0.1, -0.05) is 107 Å². The summed E-state index contributed by atoms with van der Waals surface area (Å²) in [6, 6.07) is 29.1. The Balaban J connectivity index is 1.70. The van der Waals surface area contributed by atoms with Crippen LogP contribution in [0.15, 0.2) is 103 Å². The van der Waals surface area contributed by atoms with E-state index in [2.05, 4.69) is 45.0 Å². The van der Waals surface area contributed by atoms with E-state index in [9.17, 15) is 9.90 Å². The smallest absolute Gasteiger partial charge is 0.338 e. The molecule has 6 nitrogen and oxygen atoms in total. The first-order chi connectivity index (χ1) is 21.3. The van der Waals surface area contributed by atoms with E-state index < -0.39 is 56.2 Å². The third kappa shape index (κ3) is 7.99. The molecule has 0 amide bonds. The number of aliphatic hydroxyl groups is 1. The molecule has 3 aromatic rings. The fourth-order valence-electron chi connectivity index (χ4n) is 6.07. The van der Waals surface area contributed by atoms with E-state index in [0.717, 1.165) is 10.4 Å². The molecule has 5 atom stereocenters. The highest BCUT2D eigenvalue weighted by molar-refractivity contribution is 6.99. The van der Waals surface area contributed by atoms with E-state index in [1.54, 1.807) is 44.2 Å². The van der Waals surface area contributed by atoms with E-state index in [-0.39, 0.29) is 18.1 Å². The van der Waals surface area contributed by atoms with Crippen LogP contribution in [0.1, 0.15) is 65.2 Å². The number of hydrogen-bond acceptors (Lipinski definition) is 6. The minimum absolute atomic E-state index is 0.189. The summed E-state index contributed by atoms with van der Waals surface area (Å²) < 4.78 is 41.7. The maximum atomic E-state index is 16.5. The highest BCUT2D eigenvalue weighted by atomic mass is 28.4. The number of esters is 1. The van der Waals surface area contributed by atoms with Gasteiger partial charge in [0.1, 0.15) is 11.9 Å². The Labute approximate surface area is 268 Å². The zero-order valence-electron chi connectivity index (χ0n) is 27.4. The molecule has 8 heteroatoms. The van der Waals surface area contributed by atoms with E-state index >= 15 is 4.39 Å². The Morgan fingerprint density at radius 1 is 0.933 bits per heavy atom. The number of hydrogen-bond donors (Lipinski definition) is 1. The second-order valence-corrected chi connectivity index (χ2v) is 17.5. The van der Waals surface area contributed by atoms with Gasteiger partial charge in [-0.15, -0.1) is 0 Å². The molecule has 0 spiro atoms. The summed E-state index contributed by atoms with van der Waals surface area (Å²) in [7, 11) is -2.90. The van der Waals surface area contributed by atoms with Gasteiger partial charge in [-0.2, -0.15) is 0 Å². The van der Waals surface area contributed by atoms with Crippen molar-refractivity contribution in [3.8, 4) is 0 Å². The van der Waals surface area contributed by atoms with Crippen molar-refractivity contribution < 1.29 is 32.9 Å². The monoisotopic (exact) mass is 634 g/mol. The average Bonchev–Trinajstić information content (AvgIpc) is 3.32. The molecule has 0 radical (unpaired) electrons. The Morgan fingerprint density at radius 3 is 1.93 bits per heavy atom. The first kappa shape index (κ1) is 34.7. The van der Waals surface area contributed by atoms with Crippen LogP contribution >= 0.6 is 0 Å². The standard InChI is InChI=1S/C37H47FO6Si/c1-26(27(2)44-45(36(3,4)5,29-19-13-9-14-20-29)30-21-15-10-16-22-30)25-31(38)33(41-35(40)28-17-11-8-12-18-28)34-32(23-24-39)42-37(6,7)43-34/h8-22,25-27,32-34,39H,23-24H2,1-7H3/b31-25+/t26-,27-,32+,33?,34?/m1/s1. The molecule has 1 heterocycles. The number of halogens is 1. The Kier molecular flexibility index (Phi) is 11.2. The first-order valence-electron chi connectivity index (χ1n) is 15.7. The second-order valence-electron chi connectivity index (χ2n) is 13.2. The van der Waals surface area contributed by atoms with Gasteiger partial charge in [0, 0.05) is 18.6 Å². The molecule has 2 unspecified atom stereocenters. The van der Waals surface area contributed by atoms with Crippen LogP contribution in [0, 0.1) is 5.92 Å². The number of rotatable bonds is 12. The summed E-state index contributed by atoms with van der Waals surface area (Å²) in [6.07, 6.45) is -1.77. The zero-order valence-corrected chi connectivity index (χ0v) is 28.4. The molecule has 3 aromatic carbocycles. The van der Waals surface area contributed by atoms with Crippen molar-refractivity contribution in [3.63, 3.8) is 0 Å². The maximum absolute atomic E-state index is 16.5. The molecule has 0 saturated carbocycles. The predicted molar refractivity (Wildman–Crippen MR) is 178 cm³/mol. The summed E-state index contributed by atoms with van der Waals surface area (Å²) in [5.74, 6) is -2.78. The van der Waals surface area contributed by atoms with Gasteiger partial charge >= 0.3 is 5.97 Å². The van der Waals surface area contributed by atoms with Crippen molar-refractivity contribution in [1.29, 1.82) is 0 Å². The van der Waals surface area contributed by atoms with E-state index in [1.165, 1.54) is 6.08 Å². The third-order valence-electron chi connectivity index (χ3n) is 8.39. The normalized spacial score (nSPS) is 20.8. The Morgan fingerprint density at radius 2 is 1.44 bits per heavy atom. The second kappa shape index (κ2) is 14.5. The van der Waals surface area contributed by atoms with Crippen LogP contribution in [-0.4, -0.2) is 56.2 Å². The van der Waals surface area contributed by atoms with Crippen molar-refractivity contribution >= 4 is 24.7 Å². The maximum Gasteiger partial charge on any atom is 0.338 e. The van der Waals surface area contributed by atoms with E-state index in [4.69, 9.17) is 18.6 Å². The van der Waals surface area contributed by atoms with Crippen molar-refractivity contribution in [2.75, 3.05) is 6.61 Å². The van der Waals surface area contributed by atoms with Gasteiger partial charge in [0.05, 0.1) is 11.7 Å². The van der Waals surface area contributed by atoms with Crippen LogP contribution in [0.3, 0.4) is 0 Å². The Hall–Kier alpha value is -3.14. The first-order valence-corrected chi connectivity index (χ1v) is 17.6. The van der Waals surface area contributed by atoms with Gasteiger partial charge in [0.2, 0.25) is 0 Å². The quantitative estimate of drug-likeness (QED) is 0.180. The summed E-state index contributed by atoms with van der Waals surface area (Å²) in [5, 5.41) is 11.7. The summed E-state index contributed by atoms with van der Waals surface area (Å²) >= 11 is 0. The third-order valence-corrected chi connectivity index (χ3v) is 13.5. The van der Waals surface area contributed by atoms with Gasteiger partial charge in [-0.05, 0) is 60.8 Å². The molecular weight excluding hydrogens is 587 g/mol. The number of carbonyl (C=O) groups excluding carboxylic acids is 1. The van der Waals surface area contributed by atoms with Gasteiger partial charge in [-0.25, -0.2) is 9.18 Å². The molecule has 1 aliphatic heterocycles. The summed E-state index contributed by atoms with van der Waals surface area (Å²) in [5.41, 5.74) is 0.295. The minimum atomic E-state index is -2.90. The van der Waals surface area contributed by atoms with Crippen LogP contribution in [0.2, 0.25) is 5.04 Å². The largest absolute Gasteiger partial charge is 0.449 e. The number of carbonyl (C=O) groups is 1. The van der Waals surface area contributed by atoms with Crippen molar-refractivity contribution in [1.82, 2.24) is 0 Å². The van der Waals surface area contributed by atoms with Crippen LogP contribution in [-0.2, 0) is 18.6 Å². The molecule has 0 aromatic heterocycles. The molecule has 0 bridgehead atoms. The van der Waals surface area contributed by atoms with E-state index in [0.29, 0.717) is 5.56 Å². The molecule has 4 rings (SSSR count). The van der Waals surface area contributed by atoms with Crippen LogP contribution in [0.5, 0.6) is 0 Å². The zero-order chi connectivity index (χ0) is 32.8. The molecule has 0 aliphatic carbocycles.